The van der Waals surface area contributed by atoms with Crippen molar-refractivity contribution in [1.29, 1.82) is 0 Å². The number of pyridine rings is 1. The van der Waals surface area contributed by atoms with Crippen molar-refractivity contribution in [2.45, 2.75) is 24.5 Å². The standard InChI is InChI=1S/C28H30ClN7O2/c1-34-17-23(18-34)30-26(37)19-4-10-22(11-5-19)31-27-32-25-24(3-2-14-36(25)33-27)35-15-12-28(38,13-16-35)20-6-8-21(29)9-7-20/h2-11,14,23,38H,12-13,15-18H2,1H3,(H,30,37)(H,31,33). The number of likely N-dealkylation sites (tertiary alicyclic amines) is 1. The summed E-state index contributed by atoms with van der Waals surface area (Å²) >= 11 is 6.03. The van der Waals surface area contributed by atoms with E-state index in [0.717, 1.165) is 35.7 Å². The molecule has 4 heterocycles. The number of anilines is 3. The van der Waals surface area contributed by atoms with Crippen molar-refractivity contribution in [3.05, 3.63) is 83.0 Å². The maximum atomic E-state index is 12.5. The van der Waals surface area contributed by atoms with Gasteiger partial charge in [-0.3, -0.25) is 4.79 Å². The van der Waals surface area contributed by atoms with E-state index in [1.54, 1.807) is 16.6 Å². The Morgan fingerprint density at radius 2 is 1.76 bits per heavy atom. The van der Waals surface area contributed by atoms with Crippen LogP contribution in [-0.2, 0) is 5.60 Å². The van der Waals surface area contributed by atoms with Gasteiger partial charge in [-0.05, 0) is 74.0 Å². The minimum atomic E-state index is -0.871. The average molecular weight is 532 g/mol. The van der Waals surface area contributed by atoms with Gasteiger partial charge in [0.05, 0.1) is 17.3 Å². The van der Waals surface area contributed by atoms with Crippen LogP contribution in [0.2, 0.25) is 5.02 Å². The minimum absolute atomic E-state index is 0.0605. The van der Waals surface area contributed by atoms with Gasteiger partial charge in [-0.15, -0.1) is 5.10 Å². The van der Waals surface area contributed by atoms with Crippen molar-refractivity contribution in [1.82, 2.24) is 24.8 Å². The molecule has 9 nitrogen and oxygen atoms in total. The molecule has 2 saturated heterocycles. The fourth-order valence-electron chi connectivity index (χ4n) is 5.25. The van der Waals surface area contributed by atoms with Crippen LogP contribution in [0.3, 0.4) is 0 Å². The summed E-state index contributed by atoms with van der Waals surface area (Å²) in [6.45, 7) is 3.14. The van der Waals surface area contributed by atoms with E-state index in [-0.39, 0.29) is 11.9 Å². The summed E-state index contributed by atoms with van der Waals surface area (Å²) < 4.78 is 1.76. The number of rotatable bonds is 6. The van der Waals surface area contributed by atoms with E-state index in [4.69, 9.17) is 16.6 Å². The Kier molecular flexibility index (Phi) is 6.43. The second kappa shape index (κ2) is 9.90. The molecule has 0 atom stereocenters. The molecule has 0 unspecified atom stereocenters. The number of amides is 1. The number of aliphatic hydroxyl groups is 1. The van der Waals surface area contributed by atoms with Gasteiger partial charge >= 0.3 is 0 Å². The van der Waals surface area contributed by atoms with Crippen LogP contribution in [-0.4, -0.2) is 69.8 Å². The predicted molar refractivity (Wildman–Crippen MR) is 148 cm³/mol. The lowest BCUT2D eigenvalue weighted by atomic mass is 9.84. The molecule has 0 aliphatic carbocycles. The smallest absolute Gasteiger partial charge is 0.251 e. The van der Waals surface area contributed by atoms with Crippen molar-refractivity contribution in [3.63, 3.8) is 0 Å². The zero-order valence-electron chi connectivity index (χ0n) is 21.1. The van der Waals surface area contributed by atoms with Crippen LogP contribution in [0, 0.1) is 0 Å². The Balaban J connectivity index is 1.13. The number of carbonyl (C=O) groups is 1. The molecule has 4 aromatic rings. The van der Waals surface area contributed by atoms with E-state index < -0.39 is 5.60 Å². The first-order valence-corrected chi connectivity index (χ1v) is 13.2. The maximum absolute atomic E-state index is 12.5. The van der Waals surface area contributed by atoms with Gasteiger partial charge in [0, 0.05) is 48.6 Å². The first kappa shape index (κ1) is 24.7. The molecule has 38 heavy (non-hydrogen) atoms. The molecule has 2 aromatic carbocycles. The molecular weight excluding hydrogens is 502 g/mol. The SMILES string of the molecule is CN1CC(NC(=O)c2ccc(Nc3nc4c(N5CCC(O)(c6ccc(Cl)cc6)CC5)cccn4n3)cc2)C1. The van der Waals surface area contributed by atoms with Gasteiger partial charge in [-0.2, -0.15) is 4.98 Å². The van der Waals surface area contributed by atoms with Crippen LogP contribution in [0.15, 0.2) is 66.9 Å². The summed E-state index contributed by atoms with van der Waals surface area (Å²) in [5.41, 5.74) is 3.16. The van der Waals surface area contributed by atoms with Crippen LogP contribution in [0.25, 0.3) is 5.65 Å². The van der Waals surface area contributed by atoms with Crippen molar-refractivity contribution < 1.29 is 9.90 Å². The van der Waals surface area contributed by atoms with Crippen molar-refractivity contribution in [2.75, 3.05) is 43.4 Å². The molecule has 0 bridgehead atoms. The fourth-order valence-corrected chi connectivity index (χ4v) is 5.38. The molecule has 2 aliphatic rings. The highest BCUT2D eigenvalue weighted by Gasteiger charge is 2.34. The monoisotopic (exact) mass is 531 g/mol. The van der Waals surface area contributed by atoms with E-state index >= 15 is 0 Å². The van der Waals surface area contributed by atoms with Crippen LogP contribution in [0.1, 0.15) is 28.8 Å². The number of nitrogens with zero attached hydrogens (tertiary/aromatic N) is 5. The molecule has 196 valence electrons. The van der Waals surface area contributed by atoms with Crippen LogP contribution in [0.4, 0.5) is 17.3 Å². The normalized spacial score (nSPS) is 17.8. The number of fused-ring (bicyclic) bond motifs is 1. The Morgan fingerprint density at radius 1 is 1.05 bits per heavy atom. The van der Waals surface area contributed by atoms with Crippen LogP contribution in [0.5, 0.6) is 0 Å². The van der Waals surface area contributed by atoms with E-state index in [0.29, 0.717) is 42.5 Å². The van der Waals surface area contributed by atoms with E-state index in [2.05, 4.69) is 25.5 Å². The molecule has 0 saturated carbocycles. The summed E-state index contributed by atoms with van der Waals surface area (Å²) in [5, 5.41) is 22.8. The predicted octanol–water partition coefficient (Wildman–Crippen LogP) is 3.66. The number of carbonyl (C=O) groups excluding carboxylic acids is 1. The highest BCUT2D eigenvalue weighted by molar-refractivity contribution is 6.30. The molecule has 6 rings (SSSR count). The molecule has 3 N–H and O–H groups in total. The fraction of sp³-hybridized carbons (Fsp3) is 0.321. The van der Waals surface area contributed by atoms with Gasteiger partial charge in [0.25, 0.3) is 5.91 Å². The first-order chi connectivity index (χ1) is 18.4. The van der Waals surface area contributed by atoms with Gasteiger partial charge in [-0.1, -0.05) is 23.7 Å². The van der Waals surface area contributed by atoms with Crippen molar-refractivity contribution in [2.24, 2.45) is 0 Å². The number of likely N-dealkylation sites (N-methyl/N-ethyl adjacent to an activating group) is 1. The van der Waals surface area contributed by atoms with E-state index in [1.807, 2.05) is 61.8 Å². The number of halogens is 1. The summed E-state index contributed by atoms with van der Waals surface area (Å²) in [4.78, 5) is 21.6. The summed E-state index contributed by atoms with van der Waals surface area (Å²) in [7, 11) is 2.04. The number of hydrogen-bond donors (Lipinski definition) is 3. The zero-order chi connectivity index (χ0) is 26.3. The van der Waals surface area contributed by atoms with Gasteiger partial charge in [0.1, 0.15) is 0 Å². The van der Waals surface area contributed by atoms with Gasteiger partial charge in [-0.25, -0.2) is 4.52 Å². The van der Waals surface area contributed by atoms with Crippen molar-refractivity contribution >= 4 is 40.5 Å². The molecule has 2 fully saturated rings. The van der Waals surface area contributed by atoms with E-state index in [9.17, 15) is 9.90 Å². The molecule has 2 aliphatic heterocycles. The van der Waals surface area contributed by atoms with Crippen molar-refractivity contribution in [3.8, 4) is 0 Å². The third-order valence-electron chi connectivity index (χ3n) is 7.46. The third kappa shape index (κ3) is 4.92. The second-order valence-electron chi connectivity index (χ2n) is 10.2. The topological polar surface area (TPSA) is 98.0 Å². The Bertz CT molecular complexity index is 1440. The van der Waals surface area contributed by atoms with Crippen LogP contribution >= 0.6 is 11.6 Å². The Morgan fingerprint density at radius 3 is 2.45 bits per heavy atom. The van der Waals surface area contributed by atoms with Gasteiger partial charge < -0.3 is 25.5 Å². The zero-order valence-corrected chi connectivity index (χ0v) is 21.9. The molecule has 10 heteroatoms. The molecule has 0 radical (unpaired) electrons. The van der Waals surface area contributed by atoms with Gasteiger partial charge in [0.2, 0.25) is 5.95 Å². The number of hydrogen-bond acceptors (Lipinski definition) is 7. The molecule has 1 amide bonds. The lowest BCUT2D eigenvalue weighted by molar-refractivity contribution is 0.0118. The average Bonchev–Trinajstić information content (AvgIpc) is 3.31. The highest BCUT2D eigenvalue weighted by Crippen LogP contribution is 2.36. The van der Waals surface area contributed by atoms with Crippen LogP contribution < -0.4 is 15.5 Å². The Labute approximate surface area is 226 Å². The maximum Gasteiger partial charge on any atom is 0.251 e. The number of benzene rings is 2. The molecular formula is C28H30ClN7O2. The summed E-state index contributed by atoms with van der Waals surface area (Å²) in [6, 6.07) is 19.0. The highest BCUT2D eigenvalue weighted by atomic mass is 35.5. The molecule has 2 aromatic heterocycles. The first-order valence-electron chi connectivity index (χ1n) is 12.8. The molecule has 0 spiro atoms. The lowest BCUT2D eigenvalue weighted by Gasteiger charge is -2.39. The Hall–Kier alpha value is -3.66. The third-order valence-corrected chi connectivity index (χ3v) is 7.71. The summed E-state index contributed by atoms with van der Waals surface area (Å²) in [5.74, 6) is 0.413. The quantitative estimate of drug-likeness (QED) is 0.349. The number of nitrogens with one attached hydrogen (secondary N) is 2. The van der Waals surface area contributed by atoms with Gasteiger partial charge in [0.15, 0.2) is 5.65 Å². The largest absolute Gasteiger partial charge is 0.385 e. The minimum Gasteiger partial charge on any atom is -0.385 e. The second-order valence-corrected chi connectivity index (χ2v) is 10.7. The van der Waals surface area contributed by atoms with E-state index in [1.165, 1.54) is 0 Å². The number of piperidine rings is 1. The summed E-state index contributed by atoms with van der Waals surface area (Å²) in [6.07, 6.45) is 3.08. The number of aromatic nitrogens is 3. The lowest BCUT2D eigenvalue weighted by Crippen LogP contribution is -2.57.